The van der Waals surface area contributed by atoms with E-state index in [4.69, 9.17) is 0 Å². The van der Waals surface area contributed by atoms with Crippen molar-refractivity contribution in [1.82, 2.24) is 4.31 Å². The number of aryl methyl sites for hydroxylation is 1. The fourth-order valence-electron chi connectivity index (χ4n) is 2.41. The van der Waals surface area contributed by atoms with Gasteiger partial charge in [-0.3, -0.25) is 0 Å². The molecule has 1 fully saturated rings. The maximum absolute atomic E-state index is 12.6. The molecule has 1 unspecified atom stereocenters. The molecule has 0 aromatic heterocycles. The molecule has 1 aliphatic heterocycles. The first-order valence-corrected chi connectivity index (χ1v) is 8.94. The highest BCUT2D eigenvalue weighted by Crippen LogP contribution is 2.27. The summed E-state index contributed by atoms with van der Waals surface area (Å²) in [7, 11) is -3.47. The van der Waals surface area contributed by atoms with Crippen molar-refractivity contribution in [3.63, 3.8) is 0 Å². The molecule has 2 rings (SSSR count). The van der Waals surface area contributed by atoms with Crippen LogP contribution in [-0.2, 0) is 10.0 Å². The van der Waals surface area contributed by atoms with Crippen molar-refractivity contribution < 1.29 is 13.5 Å². The fourth-order valence-corrected chi connectivity index (χ4v) is 4.22. The van der Waals surface area contributed by atoms with E-state index in [2.05, 4.69) is 15.9 Å². The Hall–Kier alpha value is -0.430. The van der Waals surface area contributed by atoms with E-state index in [1.165, 1.54) is 4.31 Å². The van der Waals surface area contributed by atoms with E-state index >= 15 is 0 Å². The Kier molecular flexibility index (Phi) is 4.59. The topological polar surface area (TPSA) is 57.6 Å². The zero-order valence-corrected chi connectivity index (χ0v) is 14.2. The van der Waals surface area contributed by atoms with Crippen LogP contribution in [0.25, 0.3) is 0 Å². The molecule has 1 saturated heterocycles. The maximum atomic E-state index is 12.6. The van der Waals surface area contributed by atoms with Gasteiger partial charge in [-0.2, -0.15) is 4.31 Å². The predicted molar refractivity (Wildman–Crippen MR) is 82.1 cm³/mol. The van der Waals surface area contributed by atoms with Crippen LogP contribution in [0.2, 0.25) is 0 Å². The van der Waals surface area contributed by atoms with E-state index in [0.29, 0.717) is 37.2 Å². The average molecular weight is 362 g/mol. The Morgan fingerprint density at radius 2 is 2.00 bits per heavy atom. The van der Waals surface area contributed by atoms with Crippen molar-refractivity contribution in [1.29, 1.82) is 0 Å². The molecule has 0 spiro atoms. The molecule has 1 heterocycles. The standard InChI is InChI=1S/C14H20BrNO3S/c1-11-10-12(4-5-13(11)15)20(18,19)16-8-3-6-14(2,17)7-9-16/h4-5,10,17H,3,6-9H2,1-2H3. The Labute approximate surface area is 129 Å². The van der Waals surface area contributed by atoms with Gasteiger partial charge >= 0.3 is 0 Å². The molecule has 0 saturated carbocycles. The largest absolute Gasteiger partial charge is 0.390 e. The Bertz CT molecular complexity index is 598. The van der Waals surface area contributed by atoms with Gasteiger partial charge in [0.05, 0.1) is 10.5 Å². The zero-order valence-electron chi connectivity index (χ0n) is 11.8. The molecule has 1 aliphatic rings. The molecule has 0 amide bonds. The van der Waals surface area contributed by atoms with Gasteiger partial charge in [-0.1, -0.05) is 15.9 Å². The molecule has 1 aromatic carbocycles. The fraction of sp³-hybridized carbons (Fsp3) is 0.571. The van der Waals surface area contributed by atoms with Gasteiger partial charge in [-0.05, 0) is 56.9 Å². The van der Waals surface area contributed by atoms with Crippen molar-refractivity contribution in [2.45, 2.75) is 43.6 Å². The van der Waals surface area contributed by atoms with E-state index in [1.54, 1.807) is 25.1 Å². The lowest BCUT2D eigenvalue weighted by Gasteiger charge is -2.22. The molecule has 0 aliphatic carbocycles. The van der Waals surface area contributed by atoms with Crippen LogP contribution >= 0.6 is 15.9 Å². The number of sulfonamides is 1. The first-order valence-electron chi connectivity index (χ1n) is 6.71. The second-order valence-corrected chi connectivity index (χ2v) is 8.46. The van der Waals surface area contributed by atoms with Crippen molar-refractivity contribution in [3.05, 3.63) is 28.2 Å². The lowest BCUT2D eigenvalue weighted by atomic mass is 9.98. The van der Waals surface area contributed by atoms with Crippen LogP contribution in [0.4, 0.5) is 0 Å². The quantitative estimate of drug-likeness (QED) is 0.880. The van der Waals surface area contributed by atoms with Gasteiger partial charge in [-0.15, -0.1) is 0 Å². The summed E-state index contributed by atoms with van der Waals surface area (Å²) in [6, 6.07) is 5.06. The third-order valence-corrected chi connectivity index (χ3v) is 6.57. The normalized spacial score (nSPS) is 25.4. The second-order valence-electron chi connectivity index (χ2n) is 5.67. The van der Waals surface area contributed by atoms with Gasteiger partial charge < -0.3 is 5.11 Å². The Morgan fingerprint density at radius 1 is 1.30 bits per heavy atom. The highest BCUT2D eigenvalue weighted by Gasteiger charge is 2.31. The molecule has 0 radical (unpaired) electrons. The van der Waals surface area contributed by atoms with Gasteiger partial charge in [0, 0.05) is 17.6 Å². The predicted octanol–water partition coefficient (Wildman–Crippen LogP) is 2.68. The molecular formula is C14H20BrNO3S. The van der Waals surface area contributed by atoms with E-state index in [-0.39, 0.29) is 0 Å². The van der Waals surface area contributed by atoms with E-state index in [0.717, 1.165) is 10.0 Å². The minimum absolute atomic E-state index is 0.319. The molecule has 112 valence electrons. The molecule has 1 aromatic rings. The highest BCUT2D eigenvalue weighted by molar-refractivity contribution is 9.10. The van der Waals surface area contributed by atoms with E-state index in [9.17, 15) is 13.5 Å². The van der Waals surface area contributed by atoms with Crippen LogP contribution in [0.1, 0.15) is 31.7 Å². The summed E-state index contributed by atoms with van der Waals surface area (Å²) in [5.41, 5.74) is 0.132. The first-order chi connectivity index (χ1) is 9.22. The number of nitrogens with zero attached hydrogens (tertiary/aromatic N) is 1. The number of aliphatic hydroxyl groups is 1. The molecule has 20 heavy (non-hydrogen) atoms. The third-order valence-electron chi connectivity index (χ3n) is 3.79. The number of hydrogen-bond donors (Lipinski definition) is 1. The number of hydrogen-bond acceptors (Lipinski definition) is 3. The van der Waals surface area contributed by atoms with E-state index in [1.807, 2.05) is 6.92 Å². The SMILES string of the molecule is Cc1cc(S(=O)(=O)N2CCCC(C)(O)CC2)ccc1Br. The molecule has 4 nitrogen and oxygen atoms in total. The summed E-state index contributed by atoms with van der Waals surface area (Å²) in [5.74, 6) is 0. The number of benzene rings is 1. The van der Waals surface area contributed by atoms with Gasteiger partial charge in [0.2, 0.25) is 10.0 Å². The minimum Gasteiger partial charge on any atom is -0.390 e. The summed E-state index contributed by atoms with van der Waals surface area (Å²) in [4.78, 5) is 0.319. The molecular weight excluding hydrogens is 342 g/mol. The summed E-state index contributed by atoms with van der Waals surface area (Å²) in [5, 5.41) is 10.1. The molecule has 0 bridgehead atoms. The number of rotatable bonds is 2. The van der Waals surface area contributed by atoms with Gasteiger partial charge in [0.1, 0.15) is 0 Å². The summed E-state index contributed by atoms with van der Waals surface area (Å²) >= 11 is 3.38. The Balaban J connectivity index is 2.28. The van der Waals surface area contributed by atoms with Crippen molar-refractivity contribution >= 4 is 26.0 Å². The smallest absolute Gasteiger partial charge is 0.243 e. The van der Waals surface area contributed by atoms with Crippen molar-refractivity contribution in [3.8, 4) is 0 Å². The van der Waals surface area contributed by atoms with Crippen molar-refractivity contribution in [2.24, 2.45) is 0 Å². The van der Waals surface area contributed by atoms with Gasteiger partial charge in [0.15, 0.2) is 0 Å². The van der Waals surface area contributed by atoms with Crippen LogP contribution in [0.3, 0.4) is 0 Å². The molecule has 1 N–H and O–H groups in total. The monoisotopic (exact) mass is 361 g/mol. The minimum atomic E-state index is -3.47. The van der Waals surface area contributed by atoms with Crippen LogP contribution in [0, 0.1) is 6.92 Å². The van der Waals surface area contributed by atoms with Crippen LogP contribution in [0.5, 0.6) is 0 Å². The summed E-state index contributed by atoms with van der Waals surface area (Å²) in [6.07, 6.45) is 1.79. The first kappa shape index (κ1) is 15.9. The van der Waals surface area contributed by atoms with E-state index < -0.39 is 15.6 Å². The van der Waals surface area contributed by atoms with Gasteiger partial charge in [-0.25, -0.2) is 8.42 Å². The molecule has 6 heteroatoms. The second kappa shape index (κ2) is 5.75. The van der Waals surface area contributed by atoms with Gasteiger partial charge in [0.25, 0.3) is 0 Å². The highest BCUT2D eigenvalue weighted by atomic mass is 79.9. The van der Waals surface area contributed by atoms with Crippen LogP contribution in [-0.4, -0.2) is 36.5 Å². The third kappa shape index (κ3) is 3.42. The van der Waals surface area contributed by atoms with Crippen LogP contribution in [0.15, 0.2) is 27.6 Å². The lowest BCUT2D eigenvalue weighted by Crippen LogP contribution is -2.33. The average Bonchev–Trinajstić information content (AvgIpc) is 2.54. The van der Waals surface area contributed by atoms with Crippen LogP contribution < -0.4 is 0 Å². The maximum Gasteiger partial charge on any atom is 0.243 e. The summed E-state index contributed by atoms with van der Waals surface area (Å²) < 4.78 is 27.7. The molecule has 1 atom stereocenters. The van der Waals surface area contributed by atoms with Crippen molar-refractivity contribution in [2.75, 3.05) is 13.1 Å². The Morgan fingerprint density at radius 3 is 2.65 bits per heavy atom. The zero-order chi connectivity index (χ0) is 15.0. The summed E-state index contributed by atoms with van der Waals surface area (Å²) in [6.45, 7) is 4.47. The number of halogens is 1. The lowest BCUT2D eigenvalue weighted by molar-refractivity contribution is 0.0465.